The summed E-state index contributed by atoms with van der Waals surface area (Å²) in [6.07, 6.45) is 4.90. The number of rotatable bonds is 2. The standard InChI is InChI=1S/C12H18FN3/c1-9-4-3-5-10(2)16(9)15-12-7-6-11(13)8-14-12/h6-10H,3-5H2,1-2H3,(H,14,15). The minimum absolute atomic E-state index is 0.301. The molecule has 1 aliphatic rings. The third-order valence-corrected chi connectivity index (χ3v) is 3.16. The van der Waals surface area contributed by atoms with E-state index in [9.17, 15) is 4.39 Å². The Balaban J connectivity index is 2.04. The van der Waals surface area contributed by atoms with E-state index in [-0.39, 0.29) is 5.82 Å². The Morgan fingerprint density at radius 1 is 1.31 bits per heavy atom. The molecular formula is C12H18FN3. The molecule has 4 heteroatoms. The van der Waals surface area contributed by atoms with E-state index in [4.69, 9.17) is 0 Å². The third-order valence-electron chi connectivity index (χ3n) is 3.16. The fourth-order valence-electron chi connectivity index (χ4n) is 2.22. The molecular weight excluding hydrogens is 205 g/mol. The van der Waals surface area contributed by atoms with Crippen LogP contribution in [0.3, 0.4) is 0 Å². The summed E-state index contributed by atoms with van der Waals surface area (Å²) in [6, 6.07) is 4.09. The van der Waals surface area contributed by atoms with Crippen molar-refractivity contribution in [2.24, 2.45) is 0 Å². The lowest BCUT2D eigenvalue weighted by Gasteiger charge is -2.39. The van der Waals surface area contributed by atoms with Gasteiger partial charge in [-0.2, -0.15) is 0 Å². The quantitative estimate of drug-likeness (QED) is 0.835. The lowest BCUT2D eigenvalue weighted by molar-refractivity contribution is 0.135. The number of nitrogens with zero attached hydrogens (tertiary/aromatic N) is 2. The van der Waals surface area contributed by atoms with Crippen LogP contribution in [0.25, 0.3) is 0 Å². The molecule has 0 spiro atoms. The summed E-state index contributed by atoms with van der Waals surface area (Å²) in [4.78, 5) is 4.01. The third kappa shape index (κ3) is 2.50. The number of hydrazine groups is 1. The van der Waals surface area contributed by atoms with Gasteiger partial charge in [-0.05, 0) is 38.8 Å². The molecule has 0 bridgehead atoms. The zero-order valence-electron chi connectivity index (χ0n) is 9.78. The predicted octanol–water partition coefficient (Wildman–Crippen LogP) is 2.81. The lowest BCUT2D eigenvalue weighted by Crippen LogP contribution is -2.47. The molecule has 0 amide bonds. The molecule has 1 N–H and O–H groups in total. The van der Waals surface area contributed by atoms with Crippen LogP contribution in [0.15, 0.2) is 18.3 Å². The van der Waals surface area contributed by atoms with Crippen LogP contribution in [0.1, 0.15) is 33.1 Å². The molecule has 2 unspecified atom stereocenters. The first-order valence-corrected chi connectivity index (χ1v) is 5.83. The molecule has 88 valence electrons. The van der Waals surface area contributed by atoms with Crippen LogP contribution in [-0.2, 0) is 0 Å². The predicted molar refractivity (Wildman–Crippen MR) is 62.4 cm³/mol. The van der Waals surface area contributed by atoms with Gasteiger partial charge in [0.2, 0.25) is 0 Å². The molecule has 16 heavy (non-hydrogen) atoms. The number of anilines is 1. The molecule has 2 atom stereocenters. The smallest absolute Gasteiger partial charge is 0.141 e. The van der Waals surface area contributed by atoms with Crippen molar-refractivity contribution in [2.45, 2.75) is 45.2 Å². The van der Waals surface area contributed by atoms with E-state index >= 15 is 0 Å². The highest BCUT2D eigenvalue weighted by Crippen LogP contribution is 2.22. The highest BCUT2D eigenvalue weighted by atomic mass is 19.1. The average molecular weight is 223 g/mol. The van der Waals surface area contributed by atoms with Gasteiger partial charge in [-0.1, -0.05) is 6.42 Å². The lowest BCUT2D eigenvalue weighted by atomic mass is 10.00. The summed E-state index contributed by atoms with van der Waals surface area (Å²) < 4.78 is 12.7. The van der Waals surface area contributed by atoms with Gasteiger partial charge in [0.05, 0.1) is 6.20 Å². The van der Waals surface area contributed by atoms with Crippen LogP contribution in [0.2, 0.25) is 0 Å². The number of pyridine rings is 1. The zero-order valence-corrected chi connectivity index (χ0v) is 9.78. The second-order valence-electron chi connectivity index (χ2n) is 4.51. The first kappa shape index (κ1) is 11.3. The first-order chi connectivity index (χ1) is 7.66. The SMILES string of the molecule is CC1CCCC(C)N1Nc1ccc(F)cn1. The Hall–Kier alpha value is -1.16. The second-order valence-corrected chi connectivity index (χ2v) is 4.51. The van der Waals surface area contributed by atoms with Crippen molar-refractivity contribution in [2.75, 3.05) is 5.43 Å². The first-order valence-electron chi connectivity index (χ1n) is 5.83. The molecule has 1 aliphatic heterocycles. The minimum atomic E-state index is -0.301. The van der Waals surface area contributed by atoms with Crippen LogP contribution in [0.4, 0.5) is 10.2 Å². The average Bonchev–Trinajstić information content (AvgIpc) is 2.26. The van der Waals surface area contributed by atoms with E-state index < -0.39 is 0 Å². The summed E-state index contributed by atoms with van der Waals surface area (Å²) in [5, 5.41) is 2.21. The highest BCUT2D eigenvalue weighted by molar-refractivity contribution is 5.32. The molecule has 0 aromatic carbocycles. The van der Waals surface area contributed by atoms with Crippen molar-refractivity contribution in [3.05, 3.63) is 24.1 Å². The number of hydrogen-bond donors (Lipinski definition) is 1. The van der Waals surface area contributed by atoms with Gasteiger partial charge in [-0.3, -0.25) is 0 Å². The minimum Gasteiger partial charge on any atom is -0.303 e. The number of hydrogen-bond acceptors (Lipinski definition) is 3. The van der Waals surface area contributed by atoms with Gasteiger partial charge in [0.15, 0.2) is 0 Å². The van der Waals surface area contributed by atoms with Crippen molar-refractivity contribution in [3.8, 4) is 0 Å². The van der Waals surface area contributed by atoms with Gasteiger partial charge in [0.1, 0.15) is 11.6 Å². The topological polar surface area (TPSA) is 28.2 Å². The molecule has 1 fully saturated rings. The fourth-order valence-corrected chi connectivity index (χ4v) is 2.22. The van der Waals surface area contributed by atoms with E-state index in [1.165, 1.54) is 31.5 Å². The molecule has 0 saturated carbocycles. The summed E-state index contributed by atoms with van der Waals surface area (Å²) in [5.41, 5.74) is 3.26. The van der Waals surface area contributed by atoms with Crippen molar-refractivity contribution in [1.82, 2.24) is 9.99 Å². The van der Waals surface area contributed by atoms with E-state index in [0.717, 1.165) is 0 Å². The van der Waals surface area contributed by atoms with Gasteiger partial charge in [0.25, 0.3) is 0 Å². The number of piperidine rings is 1. The normalized spacial score (nSPS) is 26.7. The summed E-state index contributed by atoms with van der Waals surface area (Å²) in [6.45, 7) is 4.40. The van der Waals surface area contributed by atoms with Crippen molar-refractivity contribution >= 4 is 5.82 Å². The fraction of sp³-hybridized carbons (Fsp3) is 0.583. The van der Waals surface area contributed by atoms with Crippen LogP contribution in [-0.4, -0.2) is 22.1 Å². The Kier molecular flexibility index (Phi) is 3.39. The number of halogens is 1. The molecule has 0 aliphatic carbocycles. The Morgan fingerprint density at radius 2 is 2.00 bits per heavy atom. The summed E-state index contributed by atoms with van der Waals surface area (Å²) in [5.74, 6) is 0.410. The van der Waals surface area contributed by atoms with Crippen molar-refractivity contribution in [1.29, 1.82) is 0 Å². The van der Waals surface area contributed by atoms with Crippen molar-refractivity contribution in [3.63, 3.8) is 0 Å². The van der Waals surface area contributed by atoms with Crippen molar-refractivity contribution < 1.29 is 4.39 Å². The maximum Gasteiger partial charge on any atom is 0.141 e. The summed E-state index contributed by atoms with van der Waals surface area (Å²) >= 11 is 0. The van der Waals surface area contributed by atoms with E-state index in [2.05, 4.69) is 29.3 Å². The maximum atomic E-state index is 12.7. The Morgan fingerprint density at radius 3 is 2.56 bits per heavy atom. The second kappa shape index (κ2) is 4.78. The number of aromatic nitrogens is 1. The van der Waals surface area contributed by atoms with E-state index in [0.29, 0.717) is 17.9 Å². The van der Waals surface area contributed by atoms with Gasteiger partial charge < -0.3 is 5.43 Å². The van der Waals surface area contributed by atoms with Crippen LogP contribution in [0.5, 0.6) is 0 Å². The molecule has 0 radical (unpaired) electrons. The maximum absolute atomic E-state index is 12.7. The summed E-state index contributed by atoms with van der Waals surface area (Å²) in [7, 11) is 0. The van der Waals surface area contributed by atoms with Gasteiger partial charge in [0, 0.05) is 12.1 Å². The molecule has 1 aromatic heterocycles. The Bertz CT molecular complexity index is 329. The van der Waals surface area contributed by atoms with Gasteiger partial charge in [-0.25, -0.2) is 14.4 Å². The largest absolute Gasteiger partial charge is 0.303 e. The van der Waals surface area contributed by atoms with E-state index in [1.807, 2.05) is 0 Å². The van der Waals surface area contributed by atoms with Gasteiger partial charge >= 0.3 is 0 Å². The van der Waals surface area contributed by atoms with Crippen LogP contribution < -0.4 is 5.43 Å². The zero-order chi connectivity index (χ0) is 11.5. The molecule has 2 rings (SSSR count). The number of nitrogens with one attached hydrogen (secondary N) is 1. The molecule has 1 saturated heterocycles. The van der Waals surface area contributed by atoms with Crippen LogP contribution in [0, 0.1) is 5.82 Å². The van der Waals surface area contributed by atoms with Gasteiger partial charge in [-0.15, -0.1) is 0 Å². The highest BCUT2D eigenvalue weighted by Gasteiger charge is 2.24. The van der Waals surface area contributed by atoms with E-state index in [1.54, 1.807) is 6.07 Å². The monoisotopic (exact) mass is 223 g/mol. The Labute approximate surface area is 95.6 Å². The molecule has 3 nitrogen and oxygen atoms in total. The van der Waals surface area contributed by atoms with Crippen LogP contribution >= 0.6 is 0 Å². The molecule has 2 heterocycles. The molecule has 1 aromatic rings.